The standard InChI is InChI=1S/C19H20N4OS/c1-13-9-10-17(14(2)11-13)23-12-20-22-19(23)25-15(3)18(24)21-16-7-5-4-6-8-16/h4-12,15H,1-3H3,(H,21,24). The lowest BCUT2D eigenvalue weighted by molar-refractivity contribution is -0.115. The summed E-state index contributed by atoms with van der Waals surface area (Å²) in [5.41, 5.74) is 4.16. The molecule has 0 radical (unpaired) electrons. The van der Waals surface area contributed by atoms with E-state index in [9.17, 15) is 4.79 Å². The molecule has 0 spiro atoms. The third-order valence-corrected chi connectivity index (χ3v) is 4.88. The number of thioether (sulfide) groups is 1. The number of anilines is 1. The lowest BCUT2D eigenvalue weighted by Gasteiger charge is -2.14. The van der Waals surface area contributed by atoms with Gasteiger partial charge in [-0.25, -0.2) is 0 Å². The van der Waals surface area contributed by atoms with Crippen LogP contribution in [0.4, 0.5) is 5.69 Å². The third kappa shape index (κ3) is 4.09. The molecular weight excluding hydrogens is 332 g/mol. The molecule has 0 fully saturated rings. The van der Waals surface area contributed by atoms with E-state index in [-0.39, 0.29) is 11.2 Å². The van der Waals surface area contributed by atoms with Crippen molar-refractivity contribution in [3.8, 4) is 5.69 Å². The fourth-order valence-corrected chi connectivity index (χ4v) is 3.36. The van der Waals surface area contributed by atoms with Crippen LogP contribution in [0.1, 0.15) is 18.1 Å². The van der Waals surface area contributed by atoms with Crippen molar-refractivity contribution in [1.82, 2.24) is 14.8 Å². The van der Waals surface area contributed by atoms with Gasteiger partial charge in [0.2, 0.25) is 5.91 Å². The Morgan fingerprint density at radius 1 is 1.16 bits per heavy atom. The highest BCUT2D eigenvalue weighted by molar-refractivity contribution is 8.00. The number of nitrogens with zero attached hydrogens (tertiary/aromatic N) is 3. The molecule has 0 saturated heterocycles. The average molecular weight is 352 g/mol. The summed E-state index contributed by atoms with van der Waals surface area (Å²) in [7, 11) is 0. The van der Waals surface area contributed by atoms with Crippen LogP contribution in [0.3, 0.4) is 0 Å². The number of nitrogens with one attached hydrogen (secondary N) is 1. The molecule has 1 N–H and O–H groups in total. The van der Waals surface area contributed by atoms with E-state index in [2.05, 4.69) is 41.5 Å². The lowest BCUT2D eigenvalue weighted by atomic mass is 10.1. The van der Waals surface area contributed by atoms with Gasteiger partial charge in [-0.2, -0.15) is 0 Å². The number of aromatic nitrogens is 3. The molecule has 1 amide bonds. The zero-order valence-corrected chi connectivity index (χ0v) is 15.2. The van der Waals surface area contributed by atoms with Crippen LogP contribution < -0.4 is 5.32 Å². The average Bonchev–Trinajstić information content (AvgIpc) is 3.03. The summed E-state index contributed by atoms with van der Waals surface area (Å²) in [6.07, 6.45) is 1.68. The summed E-state index contributed by atoms with van der Waals surface area (Å²) in [6.45, 7) is 5.99. The number of para-hydroxylation sites is 1. The van der Waals surface area contributed by atoms with E-state index in [1.165, 1.54) is 17.3 Å². The minimum atomic E-state index is -0.297. The maximum Gasteiger partial charge on any atom is 0.237 e. The number of hydrogen-bond acceptors (Lipinski definition) is 4. The van der Waals surface area contributed by atoms with Crippen molar-refractivity contribution in [1.29, 1.82) is 0 Å². The van der Waals surface area contributed by atoms with Crippen molar-refractivity contribution in [2.75, 3.05) is 5.32 Å². The first kappa shape index (κ1) is 17.2. The molecule has 1 atom stereocenters. The molecule has 1 aromatic heterocycles. The van der Waals surface area contributed by atoms with Crippen molar-refractivity contribution >= 4 is 23.4 Å². The van der Waals surface area contributed by atoms with E-state index in [0.717, 1.165) is 16.9 Å². The molecule has 1 unspecified atom stereocenters. The van der Waals surface area contributed by atoms with Gasteiger partial charge in [-0.1, -0.05) is 47.7 Å². The maximum atomic E-state index is 12.4. The number of rotatable bonds is 5. The first-order valence-corrected chi connectivity index (χ1v) is 8.93. The van der Waals surface area contributed by atoms with Crippen LogP contribution in [0.2, 0.25) is 0 Å². The SMILES string of the molecule is Cc1ccc(-n2cnnc2SC(C)C(=O)Nc2ccccc2)c(C)c1. The summed E-state index contributed by atoms with van der Waals surface area (Å²) in [6, 6.07) is 15.7. The van der Waals surface area contributed by atoms with E-state index in [4.69, 9.17) is 0 Å². The van der Waals surface area contributed by atoms with Crippen molar-refractivity contribution in [3.05, 3.63) is 66.0 Å². The van der Waals surface area contributed by atoms with Crippen LogP contribution in [0.5, 0.6) is 0 Å². The highest BCUT2D eigenvalue weighted by Crippen LogP contribution is 2.26. The Morgan fingerprint density at radius 2 is 1.92 bits per heavy atom. The fourth-order valence-electron chi connectivity index (χ4n) is 2.52. The number of amides is 1. The van der Waals surface area contributed by atoms with Crippen LogP contribution in [0.15, 0.2) is 60.0 Å². The van der Waals surface area contributed by atoms with Crippen molar-refractivity contribution in [2.45, 2.75) is 31.2 Å². The molecule has 3 rings (SSSR count). The van der Waals surface area contributed by atoms with Gasteiger partial charge in [0.25, 0.3) is 0 Å². The van der Waals surface area contributed by atoms with Gasteiger partial charge in [-0.05, 0) is 44.5 Å². The Balaban J connectivity index is 1.75. The van der Waals surface area contributed by atoms with E-state index in [0.29, 0.717) is 5.16 Å². The van der Waals surface area contributed by atoms with Gasteiger partial charge in [0.05, 0.1) is 10.9 Å². The second kappa shape index (κ2) is 7.53. The summed E-state index contributed by atoms with van der Waals surface area (Å²) in [4.78, 5) is 12.4. The molecule has 0 bridgehead atoms. The van der Waals surface area contributed by atoms with Crippen LogP contribution >= 0.6 is 11.8 Å². The van der Waals surface area contributed by atoms with E-state index >= 15 is 0 Å². The third-order valence-electron chi connectivity index (χ3n) is 3.82. The van der Waals surface area contributed by atoms with Gasteiger partial charge < -0.3 is 5.32 Å². The number of carbonyl (C=O) groups is 1. The molecule has 0 aliphatic rings. The first-order valence-electron chi connectivity index (χ1n) is 8.05. The molecule has 128 valence electrons. The monoisotopic (exact) mass is 352 g/mol. The highest BCUT2D eigenvalue weighted by atomic mass is 32.2. The number of aryl methyl sites for hydroxylation is 2. The predicted octanol–water partition coefficient (Wildman–Crippen LogP) is 4.00. The van der Waals surface area contributed by atoms with Gasteiger partial charge in [0, 0.05) is 5.69 Å². The Labute approximate surface area is 151 Å². The normalized spacial score (nSPS) is 12.0. The molecule has 0 aliphatic carbocycles. The second-order valence-corrected chi connectivity index (χ2v) is 7.20. The Hall–Kier alpha value is -2.60. The molecule has 0 saturated carbocycles. The first-order chi connectivity index (χ1) is 12.0. The molecular formula is C19H20N4OS. The Kier molecular flexibility index (Phi) is 5.19. The van der Waals surface area contributed by atoms with Crippen LogP contribution in [-0.4, -0.2) is 25.9 Å². The Bertz CT molecular complexity index is 876. The summed E-state index contributed by atoms with van der Waals surface area (Å²) in [5.74, 6) is -0.0635. The fraction of sp³-hybridized carbons (Fsp3) is 0.211. The maximum absolute atomic E-state index is 12.4. The van der Waals surface area contributed by atoms with Crippen molar-refractivity contribution < 1.29 is 4.79 Å². The van der Waals surface area contributed by atoms with Crippen LogP contribution in [0, 0.1) is 13.8 Å². The van der Waals surface area contributed by atoms with Gasteiger partial charge in [-0.3, -0.25) is 9.36 Å². The van der Waals surface area contributed by atoms with Crippen molar-refractivity contribution in [2.24, 2.45) is 0 Å². The lowest BCUT2D eigenvalue weighted by Crippen LogP contribution is -2.22. The van der Waals surface area contributed by atoms with E-state index in [1.54, 1.807) is 6.33 Å². The van der Waals surface area contributed by atoms with E-state index < -0.39 is 0 Å². The van der Waals surface area contributed by atoms with Crippen LogP contribution in [-0.2, 0) is 4.79 Å². The van der Waals surface area contributed by atoms with Gasteiger partial charge in [0.1, 0.15) is 6.33 Å². The molecule has 3 aromatic rings. The molecule has 5 nitrogen and oxygen atoms in total. The summed E-state index contributed by atoms with van der Waals surface area (Å²) in [5, 5.41) is 11.5. The van der Waals surface area contributed by atoms with Gasteiger partial charge >= 0.3 is 0 Å². The quantitative estimate of drug-likeness (QED) is 0.705. The number of hydrogen-bond donors (Lipinski definition) is 1. The van der Waals surface area contributed by atoms with Crippen LogP contribution in [0.25, 0.3) is 5.69 Å². The molecule has 2 aromatic carbocycles. The van der Waals surface area contributed by atoms with E-state index in [1.807, 2.05) is 47.9 Å². The minimum absolute atomic E-state index is 0.0635. The zero-order chi connectivity index (χ0) is 17.8. The second-order valence-electron chi connectivity index (χ2n) is 5.89. The van der Waals surface area contributed by atoms with Crippen molar-refractivity contribution in [3.63, 3.8) is 0 Å². The largest absolute Gasteiger partial charge is 0.325 e. The topological polar surface area (TPSA) is 59.8 Å². The highest BCUT2D eigenvalue weighted by Gasteiger charge is 2.19. The summed E-state index contributed by atoms with van der Waals surface area (Å²) < 4.78 is 1.92. The molecule has 25 heavy (non-hydrogen) atoms. The van der Waals surface area contributed by atoms with Gasteiger partial charge in [-0.15, -0.1) is 10.2 Å². The summed E-state index contributed by atoms with van der Waals surface area (Å²) >= 11 is 1.39. The smallest absolute Gasteiger partial charge is 0.237 e. The van der Waals surface area contributed by atoms with Gasteiger partial charge in [0.15, 0.2) is 5.16 Å². The number of carbonyl (C=O) groups excluding carboxylic acids is 1. The molecule has 0 aliphatic heterocycles. The number of benzene rings is 2. The Morgan fingerprint density at radius 3 is 2.64 bits per heavy atom. The predicted molar refractivity (Wildman–Crippen MR) is 101 cm³/mol. The minimum Gasteiger partial charge on any atom is -0.325 e. The molecule has 6 heteroatoms. The molecule has 1 heterocycles. The zero-order valence-electron chi connectivity index (χ0n) is 14.4.